The molecule has 0 saturated carbocycles. The Morgan fingerprint density at radius 2 is 2.00 bits per heavy atom. The zero-order valence-corrected chi connectivity index (χ0v) is 11.4. The number of hydrogen-bond donors (Lipinski definition) is 1. The van der Waals surface area contributed by atoms with Gasteiger partial charge in [-0.05, 0) is 26.0 Å². The summed E-state index contributed by atoms with van der Waals surface area (Å²) < 4.78 is 5.11. The molecule has 6 nitrogen and oxygen atoms in total. The minimum Gasteiger partial charge on any atom is -0.459 e. The second-order valence-corrected chi connectivity index (χ2v) is 4.82. The Morgan fingerprint density at radius 1 is 1.35 bits per heavy atom. The maximum absolute atomic E-state index is 12.3. The third-order valence-electron chi connectivity index (χ3n) is 2.75. The van der Waals surface area contributed by atoms with Crippen LogP contribution in [0.2, 0.25) is 0 Å². The summed E-state index contributed by atoms with van der Waals surface area (Å²) in [4.78, 5) is 29.3. The number of hydrogen-bond acceptors (Lipinski definition) is 5. The van der Waals surface area contributed by atoms with Crippen molar-refractivity contribution in [2.75, 3.05) is 13.2 Å². The summed E-state index contributed by atoms with van der Waals surface area (Å²) >= 11 is 0. The van der Waals surface area contributed by atoms with Gasteiger partial charge in [0.2, 0.25) is 0 Å². The van der Waals surface area contributed by atoms with Crippen LogP contribution in [0.5, 0.6) is 0 Å². The smallest absolute Gasteiger partial charge is 0.339 e. The number of hydroxylamine groups is 2. The number of carbonyl (C=O) groups excluding carboxylic acids is 2. The van der Waals surface area contributed by atoms with Crippen molar-refractivity contribution in [2.45, 2.75) is 26.1 Å². The van der Waals surface area contributed by atoms with Crippen LogP contribution in [-0.2, 0) is 9.57 Å². The number of benzene rings is 1. The number of ether oxygens (including phenoxy) is 1. The zero-order valence-electron chi connectivity index (χ0n) is 11.4. The van der Waals surface area contributed by atoms with Gasteiger partial charge in [0.15, 0.2) is 0 Å². The van der Waals surface area contributed by atoms with Crippen molar-refractivity contribution in [3.8, 4) is 0 Å². The second kappa shape index (κ2) is 6.02. The lowest BCUT2D eigenvalue weighted by atomic mass is 10.1. The molecule has 1 aliphatic rings. The minimum atomic E-state index is -0.700. The van der Waals surface area contributed by atoms with Gasteiger partial charge in [-0.25, -0.2) is 9.86 Å². The van der Waals surface area contributed by atoms with Gasteiger partial charge in [0, 0.05) is 0 Å². The molecule has 0 bridgehead atoms. The van der Waals surface area contributed by atoms with Crippen molar-refractivity contribution in [3.05, 3.63) is 35.4 Å². The fraction of sp³-hybridized carbons (Fsp3) is 0.429. The van der Waals surface area contributed by atoms with E-state index in [1.54, 1.807) is 26.0 Å². The van der Waals surface area contributed by atoms with Gasteiger partial charge < -0.3 is 9.84 Å². The third kappa shape index (κ3) is 3.15. The normalized spacial score (nSPS) is 18.4. The Morgan fingerprint density at radius 3 is 2.55 bits per heavy atom. The molecule has 1 aliphatic heterocycles. The predicted molar refractivity (Wildman–Crippen MR) is 70.0 cm³/mol. The molecular weight excluding hydrogens is 262 g/mol. The SMILES string of the molecule is CC(C)OC(=O)c1ccccc1C(=O)N1CC(O)CO1. The van der Waals surface area contributed by atoms with Gasteiger partial charge in [0.1, 0.15) is 12.7 Å². The highest BCUT2D eigenvalue weighted by atomic mass is 16.7. The summed E-state index contributed by atoms with van der Waals surface area (Å²) in [6.07, 6.45) is -0.968. The lowest BCUT2D eigenvalue weighted by molar-refractivity contribution is -0.0780. The number of nitrogens with zero attached hydrogens (tertiary/aromatic N) is 1. The molecule has 20 heavy (non-hydrogen) atoms. The van der Waals surface area contributed by atoms with Gasteiger partial charge in [-0.3, -0.25) is 9.63 Å². The summed E-state index contributed by atoms with van der Waals surface area (Å²) in [5.41, 5.74) is 0.392. The van der Waals surface area contributed by atoms with Crippen molar-refractivity contribution in [1.82, 2.24) is 5.06 Å². The molecule has 0 spiro atoms. The molecule has 1 saturated heterocycles. The number of carbonyl (C=O) groups is 2. The molecule has 1 unspecified atom stereocenters. The van der Waals surface area contributed by atoms with E-state index < -0.39 is 18.0 Å². The van der Waals surface area contributed by atoms with Crippen LogP contribution < -0.4 is 0 Å². The first-order chi connectivity index (χ1) is 9.49. The van der Waals surface area contributed by atoms with E-state index in [9.17, 15) is 14.7 Å². The fourth-order valence-corrected chi connectivity index (χ4v) is 1.87. The molecule has 1 fully saturated rings. The molecule has 1 atom stereocenters. The maximum atomic E-state index is 12.3. The molecular formula is C14H17NO5. The van der Waals surface area contributed by atoms with E-state index in [0.29, 0.717) is 0 Å². The lowest BCUT2D eigenvalue weighted by Crippen LogP contribution is -2.30. The maximum Gasteiger partial charge on any atom is 0.339 e. The number of aliphatic hydroxyl groups is 1. The fourth-order valence-electron chi connectivity index (χ4n) is 1.87. The summed E-state index contributed by atoms with van der Waals surface area (Å²) in [7, 11) is 0. The molecule has 0 radical (unpaired) electrons. The quantitative estimate of drug-likeness (QED) is 0.835. The molecule has 1 N–H and O–H groups in total. The third-order valence-corrected chi connectivity index (χ3v) is 2.75. The van der Waals surface area contributed by atoms with Crippen LogP contribution in [0.3, 0.4) is 0 Å². The van der Waals surface area contributed by atoms with Crippen molar-refractivity contribution in [1.29, 1.82) is 0 Å². The largest absolute Gasteiger partial charge is 0.459 e. The van der Waals surface area contributed by atoms with E-state index in [0.717, 1.165) is 5.06 Å². The van der Waals surface area contributed by atoms with Crippen LogP contribution in [0.25, 0.3) is 0 Å². The van der Waals surface area contributed by atoms with Crippen LogP contribution in [0, 0.1) is 0 Å². The van der Waals surface area contributed by atoms with Crippen LogP contribution >= 0.6 is 0 Å². The van der Waals surface area contributed by atoms with Gasteiger partial charge in [0.05, 0.1) is 23.8 Å². The van der Waals surface area contributed by atoms with Crippen LogP contribution in [0.15, 0.2) is 24.3 Å². The second-order valence-electron chi connectivity index (χ2n) is 4.82. The first-order valence-corrected chi connectivity index (χ1v) is 6.42. The summed E-state index contributed by atoms with van der Waals surface area (Å²) in [5, 5.41) is 10.4. The van der Waals surface area contributed by atoms with E-state index in [-0.39, 0.29) is 30.4 Å². The van der Waals surface area contributed by atoms with Gasteiger partial charge in [0.25, 0.3) is 5.91 Å². The minimum absolute atomic E-state index is 0.0738. The van der Waals surface area contributed by atoms with Gasteiger partial charge in [-0.2, -0.15) is 0 Å². The Bertz CT molecular complexity index is 514. The monoisotopic (exact) mass is 279 g/mol. The first-order valence-electron chi connectivity index (χ1n) is 6.42. The van der Waals surface area contributed by atoms with E-state index >= 15 is 0 Å². The van der Waals surface area contributed by atoms with Crippen LogP contribution in [-0.4, -0.2) is 47.4 Å². The van der Waals surface area contributed by atoms with Crippen molar-refractivity contribution >= 4 is 11.9 Å². The van der Waals surface area contributed by atoms with Crippen molar-refractivity contribution in [2.24, 2.45) is 0 Å². The molecule has 108 valence electrons. The molecule has 2 rings (SSSR count). The van der Waals surface area contributed by atoms with Crippen molar-refractivity contribution < 1.29 is 24.3 Å². The van der Waals surface area contributed by atoms with E-state index in [1.807, 2.05) is 0 Å². The highest BCUT2D eigenvalue weighted by molar-refractivity contribution is 6.05. The first kappa shape index (κ1) is 14.5. The Labute approximate surface area is 116 Å². The summed E-state index contributed by atoms with van der Waals surface area (Å²) in [5.74, 6) is -1.01. The van der Waals surface area contributed by atoms with E-state index in [1.165, 1.54) is 12.1 Å². The molecule has 6 heteroatoms. The van der Waals surface area contributed by atoms with Crippen molar-refractivity contribution in [3.63, 3.8) is 0 Å². The van der Waals surface area contributed by atoms with E-state index in [2.05, 4.69) is 0 Å². The van der Waals surface area contributed by atoms with Gasteiger partial charge in [-0.15, -0.1) is 0 Å². The Balaban J connectivity index is 2.23. The Hall–Kier alpha value is -1.92. The molecule has 1 heterocycles. The average Bonchev–Trinajstić information content (AvgIpc) is 2.84. The zero-order chi connectivity index (χ0) is 14.7. The molecule has 1 amide bonds. The number of β-amino-alcohol motifs (C(OH)–C–C–N with tert-alkyl or cyclic N) is 1. The molecule has 0 aliphatic carbocycles. The van der Waals surface area contributed by atoms with Crippen LogP contribution in [0.4, 0.5) is 0 Å². The number of amides is 1. The van der Waals surface area contributed by atoms with Gasteiger partial charge >= 0.3 is 5.97 Å². The standard InChI is InChI=1S/C14H17NO5/c1-9(2)20-14(18)12-6-4-3-5-11(12)13(17)15-7-10(16)8-19-15/h3-6,9-10,16H,7-8H2,1-2H3. The van der Waals surface area contributed by atoms with E-state index in [4.69, 9.17) is 9.57 Å². The Kier molecular flexibility index (Phi) is 4.36. The summed E-state index contributed by atoms with van der Waals surface area (Å²) in [6.45, 7) is 3.64. The van der Waals surface area contributed by atoms with Crippen LogP contribution in [0.1, 0.15) is 34.6 Å². The number of aliphatic hydroxyl groups excluding tert-OH is 1. The van der Waals surface area contributed by atoms with Gasteiger partial charge in [-0.1, -0.05) is 12.1 Å². The molecule has 1 aromatic rings. The summed E-state index contributed by atoms with van der Waals surface area (Å²) in [6, 6.07) is 6.39. The highest BCUT2D eigenvalue weighted by Gasteiger charge is 2.29. The number of esters is 1. The molecule has 0 aromatic heterocycles. The number of rotatable bonds is 3. The highest BCUT2D eigenvalue weighted by Crippen LogP contribution is 2.17. The topological polar surface area (TPSA) is 76.1 Å². The predicted octanol–water partition coefficient (Wildman–Crippen LogP) is 1.00. The molecule has 1 aromatic carbocycles. The average molecular weight is 279 g/mol. The lowest BCUT2D eigenvalue weighted by Gasteiger charge is -2.16.